The number of carbonyl (C=O) groups is 1. The summed E-state index contributed by atoms with van der Waals surface area (Å²) in [4.78, 5) is 17.3. The number of benzene rings is 2. The normalized spacial score (nSPS) is 13.0. The van der Waals surface area contributed by atoms with Crippen LogP contribution in [0.25, 0.3) is 0 Å². The number of nitrogens with zero attached hydrogens (tertiary/aromatic N) is 2. The summed E-state index contributed by atoms with van der Waals surface area (Å²) in [6, 6.07) is 12.8. The Bertz CT molecular complexity index is 820. The highest BCUT2D eigenvalue weighted by Crippen LogP contribution is 2.32. The van der Waals surface area contributed by atoms with Gasteiger partial charge < -0.3 is 20.5 Å². The summed E-state index contributed by atoms with van der Waals surface area (Å²) in [5.41, 5.74) is 8.12. The number of anilines is 1. The Labute approximate surface area is 145 Å². The van der Waals surface area contributed by atoms with Crippen LogP contribution in [0.5, 0.6) is 11.5 Å². The van der Waals surface area contributed by atoms with Crippen LogP contribution in [0.3, 0.4) is 0 Å². The second-order valence-corrected chi connectivity index (χ2v) is 5.75. The fraction of sp³-hybridized carbons (Fsp3) is 0.222. The zero-order valence-electron chi connectivity index (χ0n) is 13.9. The number of nitrogens with two attached hydrogens (primary N) is 1. The predicted octanol–water partition coefficient (Wildman–Crippen LogP) is 3.54. The molecule has 7 heteroatoms. The minimum Gasteiger partial charge on any atom is -0.465 e. The number of guanidine groups is 1. The van der Waals surface area contributed by atoms with Gasteiger partial charge in [0.15, 0.2) is 0 Å². The topological polar surface area (TPSA) is 100 Å². The molecule has 1 aliphatic rings. The summed E-state index contributed by atoms with van der Waals surface area (Å²) in [6.07, 6.45) is -0.236. The van der Waals surface area contributed by atoms with Gasteiger partial charge in [0.25, 0.3) is 0 Å². The molecule has 0 fully saturated rings. The highest BCUT2D eigenvalue weighted by molar-refractivity contribution is 5.95. The molecule has 2 aromatic rings. The Morgan fingerprint density at radius 2 is 2.12 bits per heavy atom. The lowest BCUT2D eigenvalue weighted by atomic mass is 10.1. The van der Waals surface area contributed by atoms with Crippen molar-refractivity contribution in [1.82, 2.24) is 10.2 Å². The average molecular weight is 340 g/mol. The van der Waals surface area contributed by atoms with Crippen molar-refractivity contribution in [3.8, 4) is 11.5 Å². The van der Waals surface area contributed by atoms with E-state index in [1.54, 1.807) is 18.2 Å². The summed E-state index contributed by atoms with van der Waals surface area (Å²) in [5, 5.41) is 11.3. The van der Waals surface area contributed by atoms with Crippen LogP contribution in [-0.4, -0.2) is 28.6 Å². The quantitative estimate of drug-likeness (QED) is 0.739. The number of rotatable bonds is 4. The van der Waals surface area contributed by atoms with Crippen molar-refractivity contribution in [3.63, 3.8) is 0 Å². The van der Waals surface area contributed by atoms with Crippen molar-refractivity contribution in [2.45, 2.75) is 19.9 Å². The summed E-state index contributed by atoms with van der Waals surface area (Å²) in [6.45, 7) is 3.31. The van der Waals surface area contributed by atoms with Gasteiger partial charge in [0.2, 0.25) is 5.96 Å². The van der Waals surface area contributed by atoms with E-state index in [4.69, 9.17) is 15.6 Å². The van der Waals surface area contributed by atoms with Gasteiger partial charge in [0, 0.05) is 30.4 Å². The predicted molar refractivity (Wildman–Crippen MR) is 96.3 cm³/mol. The molecule has 0 radical (unpaired) electrons. The highest BCUT2D eigenvalue weighted by Gasteiger charge is 2.21. The maximum Gasteiger partial charge on any atom is 0.411 e. The van der Waals surface area contributed by atoms with Crippen molar-refractivity contribution in [2.75, 3.05) is 12.3 Å². The van der Waals surface area contributed by atoms with Gasteiger partial charge in [-0.05, 0) is 36.8 Å². The molecule has 7 nitrogen and oxygen atoms in total. The number of hydrogen-bond donors (Lipinski definition) is 3. The Morgan fingerprint density at radius 1 is 1.32 bits per heavy atom. The van der Waals surface area contributed by atoms with Crippen LogP contribution in [-0.2, 0) is 6.54 Å². The first-order chi connectivity index (χ1) is 12.0. The van der Waals surface area contributed by atoms with Gasteiger partial charge in [-0.25, -0.2) is 9.79 Å². The molecule has 0 spiro atoms. The molecular formula is C18H20N4O3. The first-order valence-electron chi connectivity index (χ1n) is 8.05. The lowest BCUT2D eigenvalue weighted by Gasteiger charge is -2.29. The SMILES string of the molecule is CCCN1Cc2cc(Oc3cccc(N)c3)ccc2N=C1NC(=O)O. The molecule has 1 aliphatic heterocycles. The molecule has 0 aliphatic carbocycles. The highest BCUT2D eigenvalue weighted by atomic mass is 16.5. The molecule has 0 atom stereocenters. The molecule has 0 aromatic heterocycles. The van der Waals surface area contributed by atoms with Crippen LogP contribution in [0, 0.1) is 0 Å². The van der Waals surface area contributed by atoms with Gasteiger partial charge in [-0.3, -0.25) is 5.32 Å². The molecule has 3 rings (SSSR count). The van der Waals surface area contributed by atoms with E-state index in [0.717, 1.165) is 17.7 Å². The molecule has 2 aromatic carbocycles. The van der Waals surface area contributed by atoms with Crippen molar-refractivity contribution in [1.29, 1.82) is 0 Å². The Balaban J connectivity index is 1.86. The average Bonchev–Trinajstić information content (AvgIpc) is 2.55. The number of fused-ring (bicyclic) bond motifs is 1. The minimum absolute atomic E-state index is 0.353. The van der Waals surface area contributed by atoms with E-state index in [2.05, 4.69) is 10.3 Å². The van der Waals surface area contributed by atoms with Crippen molar-refractivity contribution in [2.24, 2.45) is 4.99 Å². The number of nitrogen functional groups attached to an aromatic ring is 1. The van der Waals surface area contributed by atoms with Crippen LogP contribution in [0.2, 0.25) is 0 Å². The third-order valence-electron chi connectivity index (χ3n) is 3.74. The molecule has 25 heavy (non-hydrogen) atoms. The molecular weight excluding hydrogens is 320 g/mol. The number of carboxylic acid groups (broad SMARTS) is 1. The van der Waals surface area contributed by atoms with Crippen molar-refractivity contribution in [3.05, 3.63) is 48.0 Å². The van der Waals surface area contributed by atoms with Crippen LogP contribution < -0.4 is 15.8 Å². The molecule has 0 saturated carbocycles. The molecule has 0 unspecified atom stereocenters. The Hall–Kier alpha value is -3.22. The smallest absolute Gasteiger partial charge is 0.411 e. The van der Waals surface area contributed by atoms with Gasteiger partial charge in [-0.15, -0.1) is 0 Å². The lowest BCUT2D eigenvalue weighted by molar-refractivity contribution is 0.198. The van der Waals surface area contributed by atoms with Crippen LogP contribution in [0.15, 0.2) is 47.5 Å². The largest absolute Gasteiger partial charge is 0.465 e. The number of ether oxygens (including phenoxy) is 1. The summed E-state index contributed by atoms with van der Waals surface area (Å²) >= 11 is 0. The molecule has 0 saturated heterocycles. The molecule has 1 heterocycles. The van der Waals surface area contributed by atoms with Gasteiger partial charge in [-0.1, -0.05) is 13.0 Å². The summed E-state index contributed by atoms with van der Waals surface area (Å²) < 4.78 is 5.86. The van der Waals surface area contributed by atoms with Crippen LogP contribution in [0.4, 0.5) is 16.2 Å². The second kappa shape index (κ2) is 7.12. The summed E-state index contributed by atoms with van der Waals surface area (Å²) in [5.74, 6) is 1.70. The van der Waals surface area contributed by atoms with E-state index < -0.39 is 6.09 Å². The lowest BCUT2D eigenvalue weighted by Crippen LogP contribution is -2.44. The minimum atomic E-state index is -1.12. The second-order valence-electron chi connectivity index (χ2n) is 5.75. The zero-order chi connectivity index (χ0) is 17.8. The number of amides is 1. The first kappa shape index (κ1) is 16.6. The van der Waals surface area contributed by atoms with Gasteiger partial charge in [0.1, 0.15) is 11.5 Å². The van der Waals surface area contributed by atoms with Gasteiger partial charge in [0.05, 0.1) is 5.69 Å². The fourth-order valence-corrected chi connectivity index (χ4v) is 2.70. The molecule has 0 bridgehead atoms. The van der Waals surface area contributed by atoms with E-state index in [0.29, 0.717) is 36.2 Å². The molecule has 1 amide bonds. The Kier molecular flexibility index (Phi) is 4.74. The van der Waals surface area contributed by atoms with Crippen molar-refractivity contribution < 1.29 is 14.6 Å². The fourth-order valence-electron chi connectivity index (χ4n) is 2.70. The van der Waals surface area contributed by atoms with Crippen molar-refractivity contribution >= 4 is 23.4 Å². The summed E-state index contributed by atoms with van der Waals surface area (Å²) in [7, 11) is 0. The van der Waals surface area contributed by atoms with Crippen LogP contribution in [0.1, 0.15) is 18.9 Å². The van der Waals surface area contributed by atoms with E-state index >= 15 is 0 Å². The van der Waals surface area contributed by atoms with E-state index in [9.17, 15) is 4.79 Å². The third kappa shape index (κ3) is 4.00. The number of nitrogens with one attached hydrogen (secondary N) is 1. The van der Waals surface area contributed by atoms with E-state index in [1.807, 2.05) is 36.1 Å². The Morgan fingerprint density at radius 3 is 2.84 bits per heavy atom. The molecule has 130 valence electrons. The van der Waals surface area contributed by atoms with Gasteiger partial charge in [-0.2, -0.15) is 0 Å². The third-order valence-corrected chi connectivity index (χ3v) is 3.74. The zero-order valence-corrected chi connectivity index (χ0v) is 13.9. The van der Waals surface area contributed by atoms with Gasteiger partial charge >= 0.3 is 6.09 Å². The maximum atomic E-state index is 11.0. The first-order valence-corrected chi connectivity index (χ1v) is 8.05. The van der Waals surface area contributed by atoms with E-state index in [-0.39, 0.29) is 0 Å². The number of aliphatic imine (C=N–C) groups is 1. The molecule has 4 N–H and O–H groups in total. The monoisotopic (exact) mass is 340 g/mol. The standard InChI is InChI=1S/C18H20N4O3/c1-2-8-22-11-12-9-15(25-14-5-3-4-13(19)10-14)6-7-16(12)20-17(22)21-18(23)24/h3-7,9-10H,2,8,11,19H2,1H3,(H,20,21)(H,23,24). The van der Waals surface area contributed by atoms with Crippen LogP contribution >= 0.6 is 0 Å². The maximum absolute atomic E-state index is 11.0. The number of hydrogen-bond acceptors (Lipinski definition) is 5. The van der Waals surface area contributed by atoms with E-state index in [1.165, 1.54) is 0 Å².